The fourth-order valence-electron chi connectivity index (χ4n) is 6.77. The molecule has 6 rings (SSSR count). The molecular weight excluding hydrogens is 536 g/mol. The molecule has 0 aliphatic carbocycles. The second-order valence-electron chi connectivity index (χ2n) is 12.9. The zero-order chi connectivity index (χ0) is 29.8. The summed E-state index contributed by atoms with van der Waals surface area (Å²) in [6.07, 6.45) is 8.12. The van der Waals surface area contributed by atoms with Gasteiger partial charge in [0.1, 0.15) is 18.0 Å². The molecule has 1 N–H and O–H groups in total. The van der Waals surface area contributed by atoms with Crippen LogP contribution in [0.15, 0.2) is 42.9 Å². The number of hydrogen-bond acceptors (Lipinski definition) is 10. The van der Waals surface area contributed by atoms with E-state index in [4.69, 9.17) is 10.2 Å². The van der Waals surface area contributed by atoms with E-state index in [1.165, 1.54) is 5.69 Å². The molecule has 0 atom stereocenters. The number of anilines is 3. The van der Waals surface area contributed by atoms with Gasteiger partial charge in [0.25, 0.3) is 0 Å². The van der Waals surface area contributed by atoms with Crippen LogP contribution >= 0.6 is 0 Å². The van der Waals surface area contributed by atoms with Crippen LogP contribution in [0.3, 0.4) is 0 Å². The Balaban J connectivity index is 0.987. The number of fused-ring (bicyclic) bond motifs is 1. The number of piperidine rings is 2. The van der Waals surface area contributed by atoms with Crippen molar-refractivity contribution in [2.24, 2.45) is 5.92 Å². The summed E-state index contributed by atoms with van der Waals surface area (Å²) in [5, 5.41) is 13.9. The van der Waals surface area contributed by atoms with E-state index in [-0.39, 0.29) is 0 Å². The van der Waals surface area contributed by atoms with Gasteiger partial charge in [-0.1, -0.05) is 0 Å². The molecule has 0 saturated carbocycles. The largest absolute Gasteiger partial charge is 0.371 e. The summed E-state index contributed by atoms with van der Waals surface area (Å²) in [6, 6.07) is 13.4. The van der Waals surface area contributed by atoms with E-state index in [0.29, 0.717) is 18.0 Å². The number of likely N-dealkylation sites (N-methyl/N-ethyl adjacent to an activating group) is 2. The topological polar surface area (TPSA) is 90.7 Å². The van der Waals surface area contributed by atoms with Gasteiger partial charge in [0.2, 0.25) is 0 Å². The van der Waals surface area contributed by atoms with Crippen LogP contribution < -0.4 is 15.1 Å². The molecule has 3 aliphatic heterocycles. The molecule has 0 unspecified atom stereocenters. The van der Waals surface area contributed by atoms with Crippen LogP contribution in [0.5, 0.6) is 0 Å². The molecule has 43 heavy (non-hydrogen) atoms. The predicted molar refractivity (Wildman–Crippen MR) is 174 cm³/mol. The molecule has 10 nitrogen and oxygen atoms in total. The summed E-state index contributed by atoms with van der Waals surface area (Å²) < 4.78 is 0. The van der Waals surface area contributed by atoms with Gasteiger partial charge in [0.05, 0.1) is 23.3 Å². The van der Waals surface area contributed by atoms with Crippen molar-refractivity contribution in [1.82, 2.24) is 29.7 Å². The lowest BCUT2D eigenvalue weighted by molar-refractivity contribution is 0.174. The number of pyridine rings is 1. The quantitative estimate of drug-likeness (QED) is 0.384. The third-order valence-corrected chi connectivity index (χ3v) is 9.58. The Hall–Kier alpha value is -3.52. The van der Waals surface area contributed by atoms with Crippen LogP contribution in [0, 0.1) is 17.2 Å². The monoisotopic (exact) mass is 582 g/mol. The Labute approximate surface area is 256 Å². The van der Waals surface area contributed by atoms with E-state index >= 15 is 0 Å². The highest BCUT2D eigenvalue weighted by molar-refractivity contribution is 5.90. The first-order valence-corrected chi connectivity index (χ1v) is 15.9. The number of rotatable bonds is 10. The Bertz CT molecular complexity index is 1380. The van der Waals surface area contributed by atoms with Gasteiger partial charge >= 0.3 is 0 Å². The number of hydrogen-bond donors (Lipinski definition) is 1. The van der Waals surface area contributed by atoms with E-state index in [1.807, 2.05) is 18.3 Å². The minimum absolute atomic E-state index is 0.413. The van der Waals surface area contributed by atoms with Gasteiger partial charge in [-0.05, 0) is 77.2 Å². The smallest absolute Gasteiger partial charge is 0.137 e. The zero-order valence-corrected chi connectivity index (χ0v) is 26.0. The first-order valence-electron chi connectivity index (χ1n) is 15.9. The molecule has 3 fully saturated rings. The van der Waals surface area contributed by atoms with Crippen molar-refractivity contribution in [1.29, 1.82) is 5.26 Å². The number of nitrogens with one attached hydrogen (secondary N) is 1. The van der Waals surface area contributed by atoms with E-state index < -0.39 is 0 Å². The fraction of sp³-hybridized carbons (Fsp3) is 0.576. The van der Waals surface area contributed by atoms with Gasteiger partial charge < -0.3 is 29.8 Å². The molecule has 0 radical (unpaired) electrons. The Morgan fingerprint density at radius 2 is 1.65 bits per heavy atom. The summed E-state index contributed by atoms with van der Waals surface area (Å²) >= 11 is 0. The van der Waals surface area contributed by atoms with Gasteiger partial charge in [0.15, 0.2) is 0 Å². The molecule has 2 aromatic heterocycles. The van der Waals surface area contributed by atoms with E-state index in [2.05, 4.69) is 85.2 Å². The first-order chi connectivity index (χ1) is 20.9. The van der Waals surface area contributed by atoms with Crippen molar-refractivity contribution in [3.8, 4) is 6.07 Å². The van der Waals surface area contributed by atoms with E-state index in [9.17, 15) is 0 Å². The molecule has 0 bridgehead atoms. The maximum Gasteiger partial charge on any atom is 0.137 e. The van der Waals surface area contributed by atoms with Crippen LogP contribution in [0.1, 0.15) is 31.2 Å². The van der Waals surface area contributed by atoms with Gasteiger partial charge in [-0.3, -0.25) is 0 Å². The lowest BCUT2D eigenvalue weighted by Crippen LogP contribution is -2.53. The molecule has 3 aromatic rings. The van der Waals surface area contributed by atoms with Crippen molar-refractivity contribution in [3.63, 3.8) is 0 Å². The number of benzene rings is 1. The minimum atomic E-state index is 0.413. The summed E-state index contributed by atoms with van der Waals surface area (Å²) in [5.74, 6) is 2.67. The van der Waals surface area contributed by atoms with Crippen molar-refractivity contribution in [2.45, 2.75) is 37.8 Å². The van der Waals surface area contributed by atoms with Crippen LogP contribution in [0.2, 0.25) is 0 Å². The van der Waals surface area contributed by atoms with Crippen molar-refractivity contribution >= 4 is 28.2 Å². The number of aromatic nitrogens is 3. The third kappa shape index (κ3) is 7.18. The Morgan fingerprint density at radius 3 is 2.35 bits per heavy atom. The lowest BCUT2D eigenvalue weighted by atomic mass is 9.96. The van der Waals surface area contributed by atoms with Crippen LogP contribution in [0.25, 0.3) is 10.9 Å². The van der Waals surface area contributed by atoms with Crippen LogP contribution in [0.4, 0.5) is 17.3 Å². The highest BCUT2D eigenvalue weighted by atomic mass is 15.2. The molecule has 0 amide bonds. The second kappa shape index (κ2) is 13.4. The van der Waals surface area contributed by atoms with Gasteiger partial charge in [-0.15, -0.1) is 0 Å². The fourth-order valence-corrected chi connectivity index (χ4v) is 6.77. The highest BCUT2D eigenvalue weighted by Crippen LogP contribution is 2.29. The van der Waals surface area contributed by atoms with Gasteiger partial charge in [0, 0.05) is 88.0 Å². The molecule has 3 aliphatic rings. The maximum absolute atomic E-state index is 9.03. The average Bonchev–Trinajstić information content (AvgIpc) is 3.02. The normalized spacial score (nSPS) is 19.3. The third-order valence-electron chi connectivity index (χ3n) is 9.58. The predicted octanol–water partition coefficient (Wildman–Crippen LogP) is 3.37. The molecule has 5 heterocycles. The Kier molecular flexibility index (Phi) is 9.22. The number of nitrogens with zero attached hydrogens (tertiary/aromatic N) is 9. The lowest BCUT2D eigenvalue weighted by Gasteiger charge is -2.44. The summed E-state index contributed by atoms with van der Waals surface area (Å²) in [5.41, 5.74) is 2.84. The minimum Gasteiger partial charge on any atom is -0.371 e. The number of nitriles is 1. The van der Waals surface area contributed by atoms with Crippen molar-refractivity contribution in [3.05, 3.63) is 48.4 Å². The first kappa shape index (κ1) is 29.5. The maximum atomic E-state index is 9.03. The van der Waals surface area contributed by atoms with E-state index in [1.54, 1.807) is 6.33 Å². The Morgan fingerprint density at radius 1 is 0.907 bits per heavy atom. The summed E-state index contributed by atoms with van der Waals surface area (Å²) in [4.78, 5) is 26.2. The standard InChI is InChI=1S/C33H46N10/c1-39(2)16-17-40(3)28-10-14-42(15-11-28)32-18-30-31(20-35-32)36-24-37-33(30)38-27-8-12-41(13-9-27)21-26-22-43(23-26)29-6-4-25(19-34)5-7-29/h4-7,18,20,24,26-28H,8-17,21-23H2,1-3H3,(H,36,37,38). The van der Waals surface area contributed by atoms with Crippen molar-refractivity contribution < 1.29 is 0 Å². The molecular formula is C33H46N10. The molecule has 3 saturated heterocycles. The summed E-state index contributed by atoms with van der Waals surface area (Å²) in [6.45, 7) is 9.82. The zero-order valence-electron chi connectivity index (χ0n) is 26.0. The summed E-state index contributed by atoms with van der Waals surface area (Å²) in [7, 11) is 6.54. The second-order valence-corrected chi connectivity index (χ2v) is 12.9. The molecule has 10 heteroatoms. The van der Waals surface area contributed by atoms with Gasteiger partial charge in [-0.2, -0.15) is 5.26 Å². The van der Waals surface area contributed by atoms with E-state index in [0.717, 1.165) is 113 Å². The molecule has 1 aromatic carbocycles. The number of likely N-dealkylation sites (tertiary alicyclic amines) is 1. The van der Waals surface area contributed by atoms with Crippen LogP contribution in [-0.4, -0.2) is 122 Å². The molecule has 0 spiro atoms. The average molecular weight is 583 g/mol. The SMILES string of the molecule is CN(C)CCN(C)C1CCN(c2cc3c(NC4CCN(CC5CN(c6ccc(C#N)cc6)C5)CC4)ncnc3cn2)CC1. The highest BCUT2D eigenvalue weighted by Gasteiger charge is 2.30. The van der Waals surface area contributed by atoms with Gasteiger partial charge in [-0.25, -0.2) is 15.0 Å². The molecule has 228 valence electrons. The van der Waals surface area contributed by atoms with Crippen molar-refractivity contribution in [2.75, 3.05) is 95.2 Å². The van der Waals surface area contributed by atoms with Crippen LogP contribution in [-0.2, 0) is 0 Å².